The molecule has 7 heteroatoms. The summed E-state index contributed by atoms with van der Waals surface area (Å²) in [6, 6.07) is 2.09. The van der Waals surface area contributed by atoms with Crippen LogP contribution in [-0.2, 0) is 6.18 Å². The molecule has 0 spiro atoms. The van der Waals surface area contributed by atoms with E-state index in [1.807, 2.05) is 20.9 Å². The van der Waals surface area contributed by atoms with E-state index >= 15 is 0 Å². The predicted molar refractivity (Wildman–Crippen MR) is 79.7 cm³/mol. The monoisotopic (exact) mass is 304 g/mol. The quantitative estimate of drug-likeness (QED) is 0.773. The fourth-order valence-corrected chi connectivity index (χ4v) is 1.66. The summed E-state index contributed by atoms with van der Waals surface area (Å²) >= 11 is 0. The Kier molecular flexibility index (Phi) is 6.74. The Morgan fingerprint density at radius 1 is 1.10 bits per heavy atom. The number of rotatable bonds is 8. The molecular formula is C14H23F3N4. The highest BCUT2D eigenvalue weighted by atomic mass is 19.4. The zero-order valence-corrected chi connectivity index (χ0v) is 12.7. The zero-order valence-electron chi connectivity index (χ0n) is 12.7. The Morgan fingerprint density at radius 2 is 1.67 bits per heavy atom. The van der Waals surface area contributed by atoms with Crippen LogP contribution in [0.2, 0.25) is 0 Å². The summed E-state index contributed by atoms with van der Waals surface area (Å²) in [5, 5.41) is 5.84. The molecule has 1 aromatic rings. The second-order valence-electron chi connectivity index (χ2n) is 4.87. The molecule has 1 heterocycles. The standard InChI is InChI=1S/C14H23F3N4/c1-4-6-18-12-9-11(14(15,16)17)10-13(20-12)19-7-8-21(3)5-2/h9-10H,4-8H2,1-3H3,(H2,18,19,20). The van der Waals surface area contributed by atoms with Crippen LogP contribution in [0.1, 0.15) is 25.8 Å². The number of hydrogen-bond acceptors (Lipinski definition) is 4. The lowest BCUT2D eigenvalue weighted by Crippen LogP contribution is -2.25. The number of alkyl halides is 3. The van der Waals surface area contributed by atoms with Crippen molar-refractivity contribution in [2.45, 2.75) is 26.4 Å². The minimum absolute atomic E-state index is 0.243. The van der Waals surface area contributed by atoms with Gasteiger partial charge in [0.15, 0.2) is 0 Å². The Balaban J connectivity index is 2.81. The molecule has 0 radical (unpaired) electrons. The van der Waals surface area contributed by atoms with Crippen LogP contribution >= 0.6 is 0 Å². The maximum absolute atomic E-state index is 12.9. The van der Waals surface area contributed by atoms with E-state index in [4.69, 9.17) is 0 Å². The molecule has 0 saturated carbocycles. The summed E-state index contributed by atoms with van der Waals surface area (Å²) in [4.78, 5) is 6.23. The largest absolute Gasteiger partial charge is 0.416 e. The highest BCUT2D eigenvalue weighted by molar-refractivity contribution is 5.49. The summed E-state index contributed by atoms with van der Waals surface area (Å²) in [6.45, 7) is 6.74. The van der Waals surface area contributed by atoms with Crippen LogP contribution in [0.3, 0.4) is 0 Å². The first-order valence-corrected chi connectivity index (χ1v) is 7.12. The number of likely N-dealkylation sites (N-methyl/N-ethyl adjacent to an activating group) is 1. The van der Waals surface area contributed by atoms with E-state index in [9.17, 15) is 13.2 Å². The van der Waals surface area contributed by atoms with E-state index in [0.717, 1.165) is 31.6 Å². The lowest BCUT2D eigenvalue weighted by Gasteiger charge is -2.16. The number of anilines is 2. The van der Waals surface area contributed by atoms with Gasteiger partial charge in [-0.2, -0.15) is 13.2 Å². The van der Waals surface area contributed by atoms with Gasteiger partial charge in [0.1, 0.15) is 11.6 Å². The molecule has 1 rings (SSSR count). The molecule has 0 fully saturated rings. The molecule has 4 nitrogen and oxygen atoms in total. The summed E-state index contributed by atoms with van der Waals surface area (Å²) < 4.78 is 38.7. The van der Waals surface area contributed by atoms with Gasteiger partial charge in [-0.15, -0.1) is 0 Å². The molecular weight excluding hydrogens is 281 g/mol. The van der Waals surface area contributed by atoms with Crippen molar-refractivity contribution in [3.63, 3.8) is 0 Å². The molecule has 0 aliphatic heterocycles. The molecule has 0 aromatic carbocycles. The second-order valence-corrected chi connectivity index (χ2v) is 4.87. The molecule has 2 N–H and O–H groups in total. The Bertz CT molecular complexity index is 435. The number of aromatic nitrogens is 1. The van der Waals surface area contributed by atoms with E-state index in [0.29, 0.717) is 13.1 Å². The van der Waals surface area contributed by atoms with Gasteiger partial charge in [0.2, 0.25) is 0 Å². The summed E-state index contributed by atoms with van der Waals surface area (Å²) in [6.07, 6.45) is -3.55. The van der Waals surface area contributed by atoms with Gasteiger partial charge in [0.05, 0.1) is 5.56 Å². The van der Waals surface area contributed by atoms with Crippen LogP contribution in [0.25, 0.3) is 0 Å². The fourth-order valence-electron chi connectivity index (χ4n) is 1.66. The Morgan fingerprint density at radius 3 is 2.14 bits per heavy atom. The van der Waals surface area contributed by atoms with Gasteiger partial charge in [-0.05, 0) is 32.1 Å². The Labute approximate surface area is 123 Å². The van der Waals surface area contributed by atoms with Crippen LogP contribution in [0.5, 0.6) is 0 Å². The lowest BCUT2D eigenvalue weighted by atomic mass is 10.2. The van der Waals surface area contributed by atoms with Crippen LogP contribution in [0.4, 0.5) is 24.8 Å². The first kappa shape index (κ1) is 17.6. The summed E-state index contributed by atoms with van der Waals surface area (Å²) in [7, 11) is 1.95. The summed E-state index contributed by atoms with van der Waals surface area (Å²) in [5.41, 5.74) is -0.692. The van der Waals surface area contributed by atoms with Crippen molar-refractivity contribution in [1.29, 1.82) is 0 Å². The third-order valence-electron chi connectivity index (χ3n) is 3.05. The van der Waals surface area contributed by atoms with Gasteiger partial charge in [-0.3, -0.25) is 0 Å². The van der Waals surface area contributed by atoms with Crippen LogP contribution < -0.4 is 10.6 Å². The minimum atomic E-state index is -4.37. The van der Waals surface area contributed by atoms with Crippen molar-refractivity contribution < 1.29 is 13.2 Å². The smallest absolute Gasteiger partial charge is 0.370 e. The van der Waals surface area contributed by atoms with E-state index in [2.05, 4.69) is 20.5 Å². The molecule has 120 valence electrons. The number of halogens is 3. The van der Waals surface area contributed by atoms with Crippen LogP contribution in [0.15, 0.2) is 12.1 Å². The van der Waals surface area contributed by atoms with E-state index < -0.39 is 11.7 Å². The molecule has 0 aliphatic rings. The third kappa shape index (κ3) is 6.20. The number of nitrogens with one attached hydrogen (secondary N) is 2. The van der Waals surface area contributed by atoms with Crippen molar-refractivity contribution >= 4 is 11.6 Å². The number of pyridine rings is 1. The third-order valence-corrected chi connectivity index (χ3v) is 3.05. The first-order chi connectivity index (χ1) is 9.86. The zero-order chi connectivity index (χ0) is 15.9. The van der Waals surface area contributed by atoms with Crippen molar-refractivity contribution in [3.05, 3.63) is 17.7 Å². The number of nitrogens with zero attached hydrogens (tertiary/aromatic N) is 2. The molecule has 0 unspecified atom stereocenters. The molecule has 0 aliphatic carbocycles. The maximum Gasteiger partial charge on any atom is 0.416 e. The molecule has 1 aromatic heterocycles. The second kappa shape index (κ2) is 8.07. The summed E-state index contributed by atoms with van der Waals surface area (Å²) in [5.74, 6) is 0.492. The topological polar surface area (TPSA) is 40.2 Å². The highest BCUT2D eigenvalue weighted by Crippen LogP contribution is 2.32. The fraction of sp³-hybridized carbons (Fsp3) is 0.643. The van der Waals surface area contributed by atoms with Crippen molar-refractivity contribution in [1.82, 2.24) is 9.88 Å². The molecule has 21 heavy (non-hydrogen) atoms. The van der Waals surface area contributed by atoms with Gasteiger partial charge in [0, 0.05) is 19.6 Å². The maximum atomic E-state index is 12.9. The van der Waals surface area contributed by atoms with Gasteiger partial charge < -0.3 is 15.5 Å². The first-order valence-electron chi connectivity index (χ1n) is 7.12. The molecule has 0 saturated heterocycles. The van der Waals surface area contributed by atoms with E-state index in [-0.39, 0.29) is 11.6 Å². The van der Waals surface area contributed by atoms with Gasteiger partial charge in [-0.1, -0.05) is 13.8 Å². The SMILES string of the molecule is CCCNc1cc(C(F)(F)F)cc(NCCN(C)CC)n1. The van der Waals surface area contributed by atoms with Crippen molar-refractivity contribution in [2.24, 2.45) is 0 Å². The average Bonchev–Trinajstić information content (AvgIpc) is 2.43. The average molecular weight is 304 g/mol. The number of hydrogen-bond donors (Lipinski definition) is 2. The predicted octanol–water partition coefficient (Wildman–Crippen LogP) is 3.29. The van der Waals surface area contributed by atoms with Crippen molar-refractivity contribution in [2.75, 3.05) is 43.9 Å². The van der Waals surface area contributed by atoms with Gasteiger partial charge in [-0.25, -0.2) is 4.98 Å². The Hall–Kier alpha value is -1.50. The van der Waals surface area contributed by atoms with Crippen LogP contribution in [-0.4, -0.2) is 43.1 Å². The minimum Gasteiger partial charge on any atom is -0.370 e. The highest BCUT2D eigenvalue weighted by Gasteiger charge is 2.31. The lowest BCUT2D eigenvalue weighted by molar-refractivity contribution is -0.137. The molecule has 0 bridgehead atoms. The molecule has 0 atom stereocenters. The van der Waals surface area contributed by atoms with Gasteiger partial charge in [0.25, 0.3) is 0 Å². The van der Waals surface area contributed by atoms with Gasteiger partial charge >= 0.3 is 6.18 Å². The molecule has 0 amide bonds. The van der Waals surface area contributed by atoms with E-state index in [1.54, 1.807) is 0 Å². The van der Waals surface area contributed by atoms with Crippen molar-refractivity contribution in [3.8, 4) is 0 Å². The van der Waals surface area contributed by atoms with E-state index in [1.165, 1.54) is 0 Å². The van der Waals surface area contributed by atoms with Crippen LogP contribution in [0, 0.1) is 0 Å². The normalized spacial score (nSPS) is 11.8.